The van der Waals surface area contributed by atoms with Crippen molar-refractivity contribution < 1.29 is 14.3 Å². The quantitative estimate of drug-likeness (QED) is 0.773. The second-order valence-corrected chi connectivity index (χ2v) is 6.04. The zero-order valence-corrected chi connectivity index (χ0v) is 12.5. The lowest BCUT2D eigenvalue weighted by atomic mass is 9.92. The molecule has 1 aliphatic heterocycles. The maximum Gasteiger partial charge on any atom is 0.412 e. The molecule has 0 saturated carbocycles. The Morgan fingerprint density at radius 1 is 1.38 bits per heavy atom. The first-order chi connectivity index (χ1) is 9.78. The summed E-state index contributed by atoms with van der Waals surface area (Å²) in [5.41, 5.74) is 7.24. The van der Waals surface area contributed by atoms with Crippen LogP contribution in [0.3, 0.4) is 0 Å². The van der Waals surface area contributed by atoms with Crippen molar-refractivity contribution in [3.63, 3.8) is 0 Å². The van der Waals surface area contributed by atoms with Crippen LogP contribution in [0.25, 0.3) is 0 Å². The monoisotopic (exact) mass is 291 g/mol. The first-order valence-electron chi connectivity index (χ1n) is 6.92. The number of nitrogens with two attached hydrogens (primary N) is 1. The lowest BCUT2D eigenvalue weighted by Gasteiger charge is -2.27. The lowest BCUT2D eigenvalue weighted by Crippen LogP contribution is -2.39. The minimum absolute atomic E-state index is 0.426. The zero-order valence-electron chi connectivity index (χ0n) is 12.5. The van der Waals surface area contributed by atoms with E-state index in [1.807, 2.05) is 6.07 Å². The van der Waals surface area contributed by atoms with Crippen LogP contribution in [0.2, 0.25) is 0 Å². The molecule has 0 saturated heterocycles. The number of fused-ring (bicyclic) bond motifs is 1. The summed E-state index contributed by atoms with van der Waals surface area (Å²) in [4.78, 5) is 23.4. The molecule has 6 heteroatoms. The smallest absolute Gasteiger partial charge is 0.412 e. The summed E-state index contributed by atoms with van der Waals surface area (Å²) in [6.45, 7) is 6.05. The normalized spacial score (nSPS) is 17.8. The summed E-state index contributed by atoms with van der Waals surface area (Å²) in [6, 6.07) is 4.91. The number of rotatable bonds is 2. The van der Waals surface area contributed by atoms with Crippen LogP contribution in [0.15, 0.2) is 18.2 Å². The number of carbonyl (C=O) groups is 2. The van der Waals surface area contributed by atoms with Crippen LogP contribution in [0.1, 0.15) is 37.9 Å². The predicted molar refractivity (Wildman–Crippen MR) is 79.9 cm³/mol. The summed E-state index contributed by atoms with van der Waals surface area (Å²) in [6.07, 6.45) is 0.204. The Kier molecular flexibility index (Phi) is 4.18. The molecule has 1 aliphatic rings. The van der Waals surface area contributed by atoms with Crippen molar-refractivity contribution in [3.8, 4) is 0 Å². The first-order valence-corrected chi connectivity index (χ1v) is 6.92. The van der Waals surface area contributed by atoms with E-state index in [9.17, 15) is 9.59 Å². The SMILES string of the molecule is CC(C)(C)OC(=O)Nc1cccc2c1CCN[C@H]2C(N)=O. The molecule has 0 aromatic heterocycles. The van der Waals surface area contributed by atoms with E-state index in [-0.39, 0.29) is 0 Å². The summed E-state index contributed by atoms with van der Waals surface area (Å²) >= 11 is 0. The fourth-order valence-electron chi connectivity index (χ4n) is 2.39. The highest BCUT2D eigenvalue weighted by Gasteiger charge is 2.26. The molecule has 6 nitrogen and oxygen atoms in total. The molecule has 0 spiro atoms. The van der Waals surface area contributed by atoms with Crippen LogP contribution >= 0.6 is 0 Å². The van der Waals surface area contributed by atoms with Crippen LogP contribution in [-0.2, 0) is 16.0 Å². The highest BCUT2D eigenvalue weighted by atomic mass is 16.6. The van der Waals surface area contributed by atoms with Gasteiger partial charge in [-0.15, -0.1) is 0 Å². The van der Waals surface area contributed by atoms with E-state index in [0.29, 0.717) is 18.7 Å². The Bertz CT molecular complexity index is 564. The van der Waals surface area contributed by atoms with Gasteiger partial charge in [0.2, 0.25) is 5.91 Å². The Morgan fingerprint density at radius 3 is 2.71 bits per heavy atom. The Balaban J connectivity index is 2.24. The molecule has 2 rings (SSSR count). The first kappa shape index (κ1) is 15.3. The molecular weight excluding hydrogens is 270 g/mol. The van der Waals surface area contributed by atoms with Gasteiger partial charge in [-0.3, -0.25) is 10.1 Å². The molecule has 1 heterocycles. The topological polar surface area (TPSA) is 93.4 Å². The number of benzene rings is 1. The number of amides is 2. The molecule has 1 atom stereocenters. The number of carbonyl (C=O) groups excluding carboxylic acids is 2. The fourth-order valence-corrected chi connectivity index (χ4v) is 2.39. The predicted octanol–water partition coefficient (Wildman–Crippen LogP) is 1.71. The number of ether oxygens (including phenoxy) is 1. The molecular formula is C15H21N3O3. The van der Waals surface area contributed by atoms with Gasteiger partial charge in [0.05, 0.1) is 0 Å². The lowest BCUT2D eigenvalue weighted by molar-refractivity contribution is -0.120. The van der Waals surface area contributed by atoms with E-state index in [2.05, 4.69) is 10.6 Å². The number of nitrogens with one attached hydrogen (secondary N) is 2. The second kappa shape index (κ2) is 5.73. The Hall–Kier alpha value is -2.08. The largest absolute Gasteiger partial charge is 0.444 e. The summed E-state index contributed by atoms with van der Waals surface area (Å²) in [5, 5.41) is 5.82. The maximum absolute atomic E-state index is 11.9. The molecule has 4 N–H and O–H groups in total. The minimum atomic E-state index is -0.559. The molecule has 0 aliphatic carbocycles. The molecule has 21 heavy (non-hydrogen) atoms. The molecule has 0 radical (unpaired) electrons. The van der Waals surface area contributed by atoms with E-state index in [1.54, 1.807) is 32.9 Å². The van der Waals surface area contributed by atoms with E-state index >= 15 is 0 Å². The van der Waals surface area contributed by atoms with Crippen LogP contribution < -0.4 is 16.4 Å². The molecule has 0 bridgehead atoms. The van der Waals surface area contributed by atoms with Crippen molar-refractivity contribution in [3.05, 3.63) is 29.3 Å². The van der Waals surface area contributed by atoms with Crippen LogP contribution in [-0.4, -0.2) is 24.1 Å². The third kappa shape index (κ3) is 3.72. The summed E-state index contributed by atoms with van der Waals surface area (Å²) < 4.78 is 5.25. The van der Waals surface area contributed by atoms with Gasteiger partial charge >= 0.3 is 6.09 Å². The van der Waals surface area contributed by atoms with Gasteiger partial charge in [0.25, 0.3) is 0 Å². The van der Waals surface area contributed by atoms with E-state index in [4.69, 9.17) is 10.5 Å². The van der Waals surface area contributed by atoms with E-state index in [0.717, 1.165) is 11.1 Å². The van der Waals surface area contributed by atoms with Gasteiger partial charge in [0.15, 0.2) is 0 Å². The van der Waals surface area contributed by atoms with Crippen molar-refractivity contribution in [1.29, 1.82) is 0 Å². The van der Waals surface area contributed by atoms with Gasteiger partial charge in [-0.25, -0.2) is 4.79 Å². The van der Waals surface area contributed by atoms with Crippen LogP contribution in [0.5, 0.6) is 0 Å². The van der Waals surface area contributed by atoms with Gasteiger partial charge in [0, 0.05) is 12.2 Å². The Labute approximate surface area is 124 Å². The van der Waals surface area contributed by atoms with E-state index in [1.165, 1.54) is 0 Å². The van der Waals surface area contributed by atoms with Gasteiger partial charge in [0.1, 0.15) is 11.6 Å². The molecule has 1 aromatic carbocycles. The highest BCUT2D eigenvalue weighted by Crippen LogP contribution is 2.29. The average Bonchev–Trinajstić information content (AvgIpc) is 2.36. The zero-order chi connectivity index (χ0) is 15.6. The van der Waals surface area contributed by atoms with Gasteiger partial charge in [-0.2, -0.15) is 0 Å². The molecule has 0 fully saturated rings. The van der Waals surface area contributed by atoms with Crippen LogP contribution in [0.4, 0.5) is 10.5 Å². The maximum atomic E-state index is 11.9. The Morgan fingerprint density at radius 2 is 2.10 bits per heavy atom. The van der Waals surface area contributed by atoms with Crippen molar-refractivity contribution in [2.45, 2.75) is 38.8 Å². The van der Waals surface area contributed by atoms with Gasteiger partial charge in [-0.05, 0) is 44.4 Å². The van der Waals surface area contributed by atoms with Crippen molar-refractivity contribution in [2.75, 3.05) is 11.9 Å². The van der Waals surface area contributed by atoms with E-state index < -0.39 is 23.6 Å². The third-order valence-electron chi connectivity index (χ3n) is 3.17. The standard InChI is InChI=1S/C15H21N3O3/c1-15(2,3)21-14(20)18-11-6-4-5-10-9(11)7-8-17-12(10)13(16)19/h4-6,12,17H,7-8H2,1-3H3,(H2,16,19)(H,18,20)/t12-/m1/s1. The summed E-state index contributed by atoms with van der Waals surface area (Å²) in [5.74, 6) is -0.426. The molecule has 0 unspecified atom stereocenters. The molecule has 114 valence electrons. The van der Waals surface area contributed by atoms with Crippen LogP contribution in [0, 0.1) is 0 Å². The average molecular weight is 291 g/mol. The van der Waals surface area contributed by atoms with Crippen molar-refractivity contribution in [2.24, 2.45) is 5.73 Å². The third-order valence-corrected chi connectivity index (χ3v) is 3.17. The fraction of sp³-hybridized carbons (Fsp3) is 0.467. The van der Waals surface area contributed by atoms with Crippen molar-refractivity contribution in [1.82, 2.24) is 5.32 Å². The molecule has 2 amide bonds. The van der Waals surface area contributed by atoms with Crippen molar-refractivity contribution >= 4 is 17.7 Å². The summed E-state index contributed by atoms with van der Waals surface area (Å²) in [7, 11) is 0. The second-order valence-electron chi connectivity index (χ2n) is 6.04. The number of primary amides is 1. The van der Waals surface area contributed by atoms with Gasteiger partial charge in [-0.1, -0.05) is 12.1 Å². The minimum Gasteiger partial charge on any atom is -0.444 e. The molecule has 1 aromatic rings. The number of hydrogen-bond acceptors (Lipinski definition) is 4. The number of anilines is 1. The number of hydrogen-bond donors (Lipinski definition) is 3. The van der Waals surface area contributed by atoms with Gasteiger partial charge < -0.3 is 15.8 Å². The highest BCUT2D eigenvalue weighted by molar-refractivity contribution is 5.88.